The Morgan fingerprint density at radius 2 is 1.21 bits per heavy atom. The van der Waals surface area contributed by atoms with Gasteiger partial charge >= 0.3 is 23.9 Å². The van der Waals surface area contributed by atoms with Gasteiger partial charge in [-0.1, -0.05) is 50.0 Å². The lowest BCUT2D eigenvalue weighted by atomic mass is 9.69. The normalized spacial score (nSPS) is 18.0. The number of carbonyl (C=O) groups is 4. The van der Waals surface area contributed by atoms with Crippen LogP contribution in [0.3, 0.4) is 0 Å². The summed E-state index contributed by atoms with van der Waals surface area (Å²) in [5.41, 5.74) is 3.52. The van der Waals surface area contributed by atoms with Crippen molar-refractivity contribution < 1.29 is 42.9 Å². The molecule has 7 rings (SSSR count). The molecule has 2 aliphatic carbocycles. The first-order chi connectivity index (χ1) is 32.2. The molecule has 5 aromatic carbocycles. The molecule has 5 aromatic rings. The zero-order valence-corrected chi connectivity index (χ0v) is 38.9. The van der Waals surface area contributed by atoms with Crippen molar-refractivity contribution in [2.45, 2.75) is 102 Å². The SMILES string of the molecule is CCCOc1ccc(C#Cc2ccc(CSc3ccc(C(=O)Oc4cccc5cc(OC(=O)C6CCC(C7CCC(C(=O)OCCCCOC(=O)CC)CC7)CC6)ccc45)cc3)cc2)cc1. The number of carbonyl (C=O) groups excluding carboxylic acids is 4. The van der Waals surface area contributed by atoms with Gasteiger partial charge in [0.15, 0.2) is 0 Å². The molecule has 2 saturated carbocycles. The zero-order valence-electron chi connectivity index (χ0n) is 38.1. The van der Waals surface area contributed by atoms with Crippen LogP contribution in [0.25, 0.3) is 10.8 Å². The van der Waals surface area contributed by atoms with Crippen LogP contribution in [-0.2, 0) is 29.6 Å². The fourth-order valence-electron chi connectivity index (χ4n) is 8.72. The number of unbranched alkanes of at least 4 members (excludes halogenated alkanes) is 1. The third kappa shape index (κ3) is 14.0. The van der Waals surface area contributed by atoms with E-state index in [2.05, 4.69) is 30.9 Å². The lowest BCUT2D eigenvalue weighted by Crippen LogP contribution is -2.31. The molecule has 0 amide bonds. The van der Waals surface area contributed by atoms with Crippen LogP contribution in [-0.4, -0.2) is 43.7 Å². The maximum atomic E-state index is 13.3. The minimum atomic E-state index is -0.450. The molecule has 0 N–H and O–H groups in total. The summed E-state index contributed by atoms with van der Waals surface area (Å²) in [6.45, 7) is 5.28. The van der Waals surface area contributed by atoms with Crippen LogP contribution >= 0.6 is 11.8 Å². The highest BCUT2D eigenvalue weighted by Crippen LogP contribution is 2.42. The number of hydrogen-bond acceptors (Lipinski definition) is 10. The van der Waals surface area contributed by atoms with Gasteiger partial charge in [0.05, 0.1) is 37.2 Å². The van der Waals surface area contributed by atoms with Crippen LogP contribution in [0.5, 0.6) is 17.2 Å². The molecule has 0 unspecified atom stereocenters. The Hall–Kier alpha value is -6.05. The number of thioether (sulfide) groups is 1. The summed E-state index contributed by atoms with van der Waals surface area (Å²) in [5, 5.41) is 1.55. The van der Waals surface area contributed by atoms with Crippen LogP contribution in [0.15, 0.2) is 114 Å². The van der Waals surface area contributed by atoms with E-state index in [9.17, 15) is 19.2 Å². The van der Waals surface area contributed by atoms with Gasteiger partial charge in [0.2, 0.25) is 0 Å². The summed E-state index contributed by atoms with van der Waals surface area (Å²) >= 11 is 1.69. The zero-order chi connectivity index (χ0) is 46.1. The summed E-state index contributed by atoms with van der Waals surface area (Å²) in [7, 11) is 0. The summed E-state index contributed by atoms with van der Waals surface area (Å²) in [6, 6.07) is 34.5. The summed E-state index contributed by atoms with van der Waals surface area (Å²) in [6.07, 6.45) is 9.97. The van der Waals surface area contributed by atoms with Gasteiger partial charge in [-0.2, -0.15) is 0 Å². The highest BCUT2D eigenvalue weighted by Gasteiger charge is 2.35. The molecule has 0 atom stereocenters. The molecule has 0 saturated heterocycles. The van der Waals surface area contributed by atoms with E-state index in [1.54, 1.807) is 43.0 Å². The van der Waals surface area contributed by atoms with Gasteiger partial charge < -0.3 is 23.7 Å². The first-order valence-electron chi connectivity index (χ1n) is 23.6. The topological polar surface area (TPSA) is 114 Å². The molecule has 10 heteroatoms. The molecule has 2 aliphatic rings. The summed E-state index contributed by atoms with van der Waals surface area (Å²) in [4.78, 5) is 51.5. The van der Waals surface area contributed by atoms with E-state index in [-0.39, 0.29) is 29.7 Å². The lowest BCUT2D eigenvalue weighted by molar-refractivity contribution is -0.151. The summed E-state index contributed by atoms with van der Waals surface area (Å²) < 4.78 is 28.1. The van der Waals surface area contributed by atoms with Gasteiger partial charge in [0, 0.05) is 33.6 Å². The molecule has 0 radical (unpaired) electrons. The Kier molecular flexibility index (Phi) is 17.8. The van der Waals surface area contributed by atoms with Gasteiger partial charge in [-0.3, -0.25) is 14.4 Å². The largest absolute Gasteiger partial charge is 0.494 e. The van der Waals surface area contributed by atoms with Gasteiger partial charge in [-0.25, -0.2) is 4.79 Å². The Labute approximate surface area is 393 Å². The average Bonchev–Trinajstić information content (AvgIpc) is 3.36. The van der Waals surface area contributed by atoms with Crippen LogP contribution in [0.2, 0.25) is 0 Å². The smallest absolute Gasteiger partial charge is 0.343 e. The van der Waals surface area contributed by atoms with Crippen molar-refractivity contribution in [1.29, 1.82) is 0 Å². The van der Waals surface area contributed by atoms with Crippen LogP contribution in [0.4, 0.5) is 0 Å². The van der Waals surface area contributed by atoms with Gasteiger partial charge in [-0.15, -0.1) is 11.8 Å². The molecule has 344 valence electrons. The van der Waals surface area contributed by atoms with E-state index >= 15 is 0 Å². The van der Waals surface area contributed by atoms with Crippen LogP contribution in [0.1, 0.15) is 118 Å². The Morgan fingerprint density at radius 1 is 0.606 bits per heavy atom. The van der Waals surface area contributed by atoms with Crippen molar-refractivity contribution in [3.05, 3.63) is 131 Å². The lowest BCUT2D eigenvalue weighted by Gasteiger charge is -2.36. The number of fused-ring (bicyclic) bond motifs is 1. The van der Waals surface area contributed by atoms with E-state index in [0.717, 1.165) is 96.1 Å². The van der Waals surface area contributed by atoms with E-state index < -0.39 is 5.97 Å². The Bertz CT molecular complexity index is 2450. The van der Waals surface area contributed by atoms with Crippen molar-refractivity contribution in [3.63, 3.8) is 0 Å². The molecule has 0 heterocycles. The molecule has 0 aliphatic heterocycles. The molecular formula is C56H60O9S. The third-order valence-corrected chi connectivity index (χ3v) is 13.7. The van der Waals surface area contributed by atoms with Crippen molar-refractivity contribution in [2.24, 2.45) is 23.7 Å². The van der Waals surface area contributed by atoms with Crippen LogP contribution < -0.4 is 14.2 Å². The number of benzene rings is 5. The number of ether oxygens (including phenoxy) is 5. The number of hydrogen-bond donors (Lipinski definition) is 0. The van der Waals surface area contributed by atoms with Crippen LogP contribution in [0, 0.1) is 35.5 Å². The molecule has 66 heavy (non-hydrogen) atoms. The third-order valence-electron chi connectivity index (χ3n) is 12.6. The minimum Gasteiger partial charge on any atom is -0.494 e. The van der Waals surface area contributed by atoms with Crippen molar-refractivity contribution in [3.8, 4) is 29.1 Å². The van der Waals surface area contributed by atoms with Gasteiger partial charge in [0.1, 0.15) is 17.2 Å². The number of rotatable bonds is 18. The molecule has 2 fully saturated rings. The minimum absolute atomic E-state index is 0.0475. The van der Waals surface area contributed by atoms with E-state index in [4.69, 9.17) is 23.7 Å². The molecular weight excluding hydrogens is 849 g/mol. The standard InChI is InChI=1S/C56H60O9S/c1-3-34-61-48-28-16-40(17-29-48)11-10-39-12-14-41(15-13-39)38-66-50-31-26-46(27-32-50)56(60)65-52-9-7-8-47-37-49(30-33-51(47)52)64-55(59)45-24-20-43(21-25-45)42-18-22-44(23-19-42)54(58)63-36-6-5-35-62-53(57)4-2/h7-9,12-17,26-33,37,42-45H,3-6,18-25,34-36,38H2,1-2H3. The van der Waals surface area contributed by atoms with Gasteiger partial charge in [-0.05, 0) is 178 Å². The second kappa shape index (κ2) is 24.5. The maximum Gasteiger partial charge on any atom is 0.343 e. The fourth-order valence-corrected chi connectivity index (χ4v) is 9.57. The van der Waals surface area contributed by atoms with E-state index in [1.807, 2.05) is 72.8 Å². The second-order valence-electron chi connectivity index (χ2n) is 17.3. The Morgan fingerprint density at radius 3 is 1.85 bits per heavy atom. The Balaban J connectivity index is 0.817. The first kappa shape index (κ1) is 47.9. The second-order valence-corrected chi connectivity index (χ2v) is 18.3. The maximum absolute atomic E-state index is 13.3. The number of esters is 4. The molecule has 0 aromatic heterocycles. The average molecular weight is 909 g/mol. The fraction of sp³-hybridized carbons (Fsp3) is 0.393. The predicted molar refractivity (Wildman–Crippen MR) is 258 cm³/mol. The monoisotopic (exact) mass is 908 g/mol. The van der Waals surface area contributed by atoms with Crippen molar-refractivity contribution in [1.82, 2.24) is 0 Å². The van der Waals surface area contributed by atoms with Crippen molar-refractivity contribution >= 4 is 46.4 Å². The summed E-state index contributed by atoms with van der Waals surface area (Å²) in [5.74, 6) is 8.94. The van der Waals surface area contributed by atoms with E-state index in [1.165, 1.54) is 5.56 Å². The van der Waals surface area contributed by atoms with E-state index in [0.29, 0.717) is 68.0 Å². The molecule has 9 nitrogen and oxygen atoms in total. The predicted octanol–water partition coefficient (Wildman–Crippen LogP) is 12.3. The van der Waals surface area contributed by atoms with Gasteiger partial charge in [0.25, 0.3) is 0 Å². The highest BCUT2D eigenvalue weighted by atomic mass is 32.2. The van der Waals surface area contributed by atoms with Crippen molar-refractivity contribution in [2.75, 3.05) is 19.8 Å². The highest BCUT2D eigenvalue weighted by molar-refractivity contribution is 7.98. The molecule has 0 bridgehead atoms. The quantitative estimate of drug-likeness (QED) is 0.0277. The molecule has 0 spiro atoms. The first-order valence-corrected chi connectivity index (χ1v) is 24.6.